The smallest absolute Gasteiger partial charge is 0.225 e. The van der Waals surface area contributed by atoms with Crippen LogP contribution in [-0.2, 0) is 14.8 Å². The first-order chi connectivity index (χ1) is 13.5. The molecule has 28 heavy (non-hydrogen) atoms. The van der Waals surface area contributed by atoms with E-state index in [0.717, 1.165) is 25.7 Å². The summed E-state index contributed by atoms with van der Waals surface area (Å²) in [5.74, 6) is 0.787. The van der Waals surface area contributed by atoms with Crippen LogP contribution in [0.25, 0.3) is 0 Å². The molecular formula is C19H33N5O3S. The summed E-state index contributed by atoms with van der Waals surface area (Å²) >= 11 is 0. The quantitative estimate of drug-likeness (QED) is 0.556. The summed E-state index contributed by atoms with van der Waals surface area (Å²) in [6.45, 7) is 6.58. The summed E-state index contributed by atoms with van der Waals surface area (Å²) in [6.07, 6.45) is 7.53. The van der Waals surface area contributed by atoms with E-state index in [1.54, 1.807) is 18.5 Å². The third-order valence-corrected chi connectivity index (χ3v) is 6.95. The highest BCUT2D eigenvalue weighted by molar-refractivity contribution is 7.89. The van der Waals surface area contributed by atoms with E-state index in [2.05, 4.69) is 29.1 Å². The minimum atomic E-state index is -3.31. The van der Waals surface area contributed by atoms with Crippen LogP contribution in [0.4, 0.5) is 5.95 Å². The molecule has 1 fully saturated rings. The predicted molar refractivity (Wildman–Crippen MR) is 111 cm³/mol. The Kier molecular flexibility index (Phi) is 9.11. The van der Waals surface area contributed by atoms with E-state index in [0.29, 0.717) is 45.1 Å². The van der Waals surface area contributed by atoms with Gasteiger partial charge in [0.25, 0.3) is 0 Å². The van der Waals surface area contributed by atoms with Gasteiger partial charge in [0.15, 0.2) is 0 Å². The Morgan fingerprint density at radius 1 is 1.11 bits per heavy atom. The van der Waals surface area contributed by atoms with Crippen LogP contribution in [0.15, 0.2) is 18.5 Å². The van der Waals surface area contributed by atoms with E-state index in [9.17, 15) is 13.2 Å². The van der Waals surface area contributed by atoms with Crippen molar-refractivity contribution >= 4 is 21.9 Å². The van der Waals surface area contributed by atoms with Gasteiger partial charge in [-0.05, 0) is 25.3 Å². The van der Waals surface area contributed by atoms with Gasteiger partial charge >= 0.3 is 0 Å². The number of hydrogen-bond acceptors (Lipinski definition) is 6. The second kappa shape index (κ2) is 11.3. The zero-order valence-corrected chi connectivity index (χ0v) is 17.8. The summed E-state index contributed by atoms with van der Waals surface area (Å²) in [4.78, 5) is 22.7. The maximum absolute atomic E-state index is 12.6. The lowest BCUT2D eigenvalue weighted by Crippen LogP contribution is -2.50. The van der Waals surface area contributed by atoms with E-state index in [-0.39, 0.29) is 17.6 Å². The molecule has 0 saturated carbocycles. The van der Waals surface area contributed by atoms with Crippen molar-refractivity contribution in [3.05, 3.63) is 18.5 Å². The van der Waals surface area contributed by atoms with Crippen molar-refractivity contribution in [2.75, 3.05) is 43.4 Å². The fraction of sp³-hybridized carbons (Fsp3) is 0.737. The van der Waals surface area contributed by atoms with Gasteiger partial charge in [0, 0.05) is 51.0 Å². The lowest BCUT2D eigenvalue weighted by atomic mass is 9.97. The Morgan fingerprint density at radius 3 is 2.29 bits per heavy atom. The standard InChI is InChI=1S/C19H33N5O3S/c1-3-7-17(8-4-2)18(25)20-11-6-16-28(26,27)24-14-12-23(13-15-24)19-21-9-5-10-22-19/h5,9-10,17H,3-4,6-8,11-16H2,1-2H3,(H,20,25). The molecule has 0 spiro atoms. The van der Waals surface area contributed by atoms with Crippen molar-refractivity contribution in [1.29, 1.82) is 0 Å². The number of aromatic nitrogens is 2. The first kappa shape index (κ1) is 22.5. The molecule has 8 nitrogen and oxygen atoms in total. The Bertz CT molecular complexity index is 685. The van der Waals surface area contributed by atoms with Crippen molar-refractivity contribution < 1.29 is 13.2 Å². The van der Waals surface area contributed by atoms with Crippen LogP contribution in [0.3, 0.4) is 0 Å². The zero-order chi connectivity index (χ0) is 20.4. The summed E-state index contributed by atoms with van der Waals surface area (Å²) in [6, 6.07) is 1.76. The molecule has 0 unspecified atom stereocenters. The molecule has 1 amide bonds. The number of nitrogens with one attached hydrogen (secondary N) is 1. The van der Waals surface area contributed by atoms with Gasteiger partial charge in [-0.2, -0.15) is 4.31 Å². The number of anilines is 1. The van der Waals surface area contributed by atoms with Crippen LogP contribution in [0, 0.1) is 5.92 Å². The highest BCUT2D eigenvalue weighted by Crippen LogP contribution is 2.14. The van der Waals surface area contributed by atoms with Crippen LogP contribution < -0.4 is 10.2 Å². The van der Waals surface area contributed by atoms with E-state index in [1.165, 1.54) is 4.31 Å². The summed E-state index contributed by atoms with van der Waals surface area (Å²) in [5.41, 5.74) is 0. The van der Waals surface area contributed by atoms with Crippen LogP contribution in [0.2, 0.25) is 0 Å². The minimum Gasteiger partial charge on any atom is -0.356 e. The van der Waals surface area contributed by atoms with Crippen LogP contribution in [0.5, 0.6) is 0 Å². The largest absolute Gasteiger partial charge is 0.356 e. The first-order valence-electron chi connectivity index (χ1n) is 10.3. The average molecular weight is 412 g/mol. The molecule has 0 bridgehead atoms. The fourth-order valence-electron chi connectivity index (χ4n) is 3.46. The van der Waals surface area contributed by atoms with Crippen molar-refractivity contribution in [1.82, 2.24) is 19.6 Å². The van der Waals surface area contributed by atoms with Gasteiger partial charge in [-0.25, -0.2) is 18.4 Å². The van der Waals surface area contributed by atoms with Crippen molar-refractivity contribution in [2.45, 2.75) is 46.0 Å². The van der Waals surface area contributed by atoms with E-state index in [4.69, 9.17) is 0 Å². The molecule has 1 aliphatic rings. The first-order valence-corrected chi connectivity index (χ1v) is 11.9. The molecule has 2 heterocycles. The van der Waals surface area contributed by atoms with E-state index >= 15 is 0 Å². The number of nitrogens with zero attached hydrogens (tertiary/aromatic N) is 4. The topological polar surface area (TPSA) is 95.5 Å². The van der Waals surface area contributed by atoms with Gasteiger partial charge in [0.1, 0.15) is 0 Å². The number of hydrogen-bond donors (Lipinski definition) is 1. The van der Waals surface area contributed by atoms with Crippen molar-refractivity contribution in [3.63, 3.8) is 0 Å². The molecule has 0 radical (unpaired) electrons. The SMILES string of the molecule is CCCC(CCC)C(=O)NCCCS(=O)(=O)N1CCN(c2ncccn2)CC1. The van der Waals surface area contributed by atoms with Gasteiger partial charge in [-0.3, -0.25) is 4.79 Å². The summed E-state index contributed by atoms with van der Waals surface area (Å²) in [7, 11) is -3.31. The fourth-order valence-corrected chi connectivity index (χ4v) is 4.95. The second-order valence-electron chi connectivity index (χ2n) is 7.17. The normalized spacial score (nSPS) is 15.8. The highest BCUT2D eigenvalue weighted by Gasteiger charge is 2.27. The molecule has 0 aliphatic carbocycles. The Balaban J connectivity index is 1.73. The predicted octanol–water partition coefficient (Wildman–Crippen LogP) is 1.65. The highest BCUT2D eigenvalue weighted by atomic mass is 32.2. The summed E-state index contributed by atoms with van der Waals surface area (Å²) < 4.78 is 26.7. The van der Waals surface area contributed by atoms with Crippen molar-refractivity contribution in [2.24, 2.45) is 5.92 Å². The number of amides is 1. The molecule has 1 aromatic rings. The molecule has 9 heteroatoms. The second-order valence-corrected chi connectivity index (χ2v) is 9.26. The Morgan fingerprint density at radius 2 is 1.71 bits per heavy atom. The monoisotopic (exact) mass is 411 g/mol. The van der Waals surface area contributed by atoms with E-state index in [1.807, 2.05) is 4.90 Å². The van der Waals surface area contributed by atoms with Crippen molar-refractivity contribution in [3.8, 4) is 0 Å². The number of piperazine rings is 1. The van der Waals surface area contributed by atoms with Gasteiger partial charge in [-0.15, -0.1) is 0 Å². The van der Waals surface area contributed by atoms with Gasteiger partial charge in [0.05, 0.1) is 5.75 Å². The van der Waals surface area contributed by atoms with Gasteiger partial charge in [-0.1, -0.05) is 26.7 Å². The number of sulfonamides is 1. The lowest BCUT2D eigenvalue weighted by Gasteiger charge is -2.33. The zero-order valence-electron chi connectivity index (χ0n) is 17.0. The number of rotatable bonds is 11. The van der Waals surface area contributed by atoms with Gasteiger partial charge in [0.2, 0.25) is 21.9 Å². The molecule has 2 rings (SSSR count). The molecule has 1 aromatic heterocycles. The third kappa shape index (κ3) is 6.70. The molecule has 1 N–H and O–H groups in total. The van der Waals surface area contributed by atoms with Gasteiger partial charge < -0.3 is 10.2 Å². The molecule has 1 saturated heterocycles. The Labute approximate surface area is 168 Å². The Hall–Kier alpha value is -1.74. The molecule has 158 valence electrons. The maximum atomic E-state index is 12.6. The van der Waals surface area contributed by atoms with E-state index < -0.39 is 10.0 Å². The van der Waals surface area contributed by atoms with Crippen LogP contribution >= 0.6 is 0 Å². The molecular weight excluding hydrogens is 378 g/mol. The van der Waals surface area contributed by atoms with Crippen LogP contribution in [0.1, 0.15) is 46.0 Å². The average Bonchev–Trinajstić information content (AvgIpc) is 2.71. The summed E-state index contributed by atoms with van der Waals surface area (Å²) in [5, 5.41) is 2.91. The number of carbonyl (C=O) groups excluding carboxylic acids is 1. The number of carbonyl (C=O) groups is 1. The minimum absolute atomic E-state index is 0.0416. The van der Waals surface area contributed by atoms with Crippen LogP contribution in [-0.4, -0.2) is 67.1 Å². The maximum Gasteiger partial charge on any atom is 0.225 e. The molecule has 1 aliphatic heterocycles. The lowest BCUT2D eigenvalue weighted by molar-refractivity contribution is -0.125. The molecule has 0 atom stereocenters. The third-order valence-electron chi connectivity index (χ3n) is 4.99. The molecule has 0 aromatic carbocycles.